The first-order chi connectivity index (χ1) is 14.1. The lowest BCUT2D eigenvalue weighted by Crippen LogP contribution is -2.39. The van der Waals surface area contributed by atoms with E-state index in [1.54, 1.807) is 23.6 Å². The van der Waals surface area contributed by atoms with Gasteiger partial charge >= 0.3 is 12.1 Å². The normalized spacial score (nSPS) is 20.7. The molecule has 2 aromatic rings. The van der Waals surface area contributed by atoms with Crippen LogP contribution in [0.1, 0.15) is 34.0 Å². The number of thiazole rings is 1. The fourth-order valence-electron chi connectivity index (χ4n) is 3.57. The third-order valence-corrected chi connectivity index (χ3v) is 5.67. The molecule has 4 rings (SSSR count). The maximum Gasteiger partial charge on any atom is 0.490 e. The van der Waals surface area contributed by atoms with Crippen LogP contribution in [-0.4, -0.2) is 72.7 Å². The van der Waals surface area contributed by atoms with Crippen molar-refractivity contribution >= 4 is 29.1 Å². The summed E-state index contributed by atoms with van der Waals surface area (Å²) < 4.78 is 31.7. The maximum atomic E-state index is 12.5. The predicted octanol–water partition coefficient (Wildman–Crippen LogP) is 1.82. The van der Waals surface area contributed by atoms with E-state index in [1.165, 1.54) is 0 Å². The van der Waals surface area contributed by atoms with Gasteiger partial charge in [0.1, 0.15) is 5.69 Å². The Morgan fingerprint density at radius 2 is 2.07 bits per heavy atom. The number of H-pyrrole nitrogens is 1. The Morgan fingerprint density at radius 1 is 1.37 bits per heavy atom. The van der Waals surface area contributed by atoms with Gasteiger partial charge in [-0.05, 0) is 19.4 Å². The average molecular weight is 445 g/mol. The van der Waals surface area contributed by atoms with E-state index in [1.807, 2.05) is 22.1 Å². The quantitative estimate of drug-likeness (QED) is 0.744. The predicted molar refractivity (Wildman–Crippen MR) is 97.5 cm³/mol. The number of nitrogens with one attached hydrogen (secondary N) is 1. The molecule has 162 valence electrons. The van der Waals surface area contributed by atoms with Crippen molar-refractivity contribution in [3.8, 4) is 0 Å². The molecule has 2 fully saturated rings. The molecule has 13 heteroatoms. The largest absolute Gasteiger partial charge is 0.490 e. The van der Waals surface area contributed by atoms with E-state index >= 15 is 0 Å². The fraction of sp³-hybridized carbons (Fsp3) is 0.471. The Hall–Kier alpha value is -2.96. The number of aromatic amines is 1. The molecule has 2 aliphatic rings. The minimum Gasteiger partial charge on any atom is -0.475 e. The highest BCUT2D eigenvalue weighted by Crippen LogP contribution is 2.34. The minimum atomic E-state index is -5.08. The van der Waals surface area contributed by atoms with Gasteiger partial charge in [-0.2, -0.15) is 18.3 Å². The standard InChI is InChI=1S/C15H17N5O2S.C2HF3O2/c1-9-17-10(8-23-9)7-20-12-3-5-19(13(12)6-14(20)21)15(22)11-2-4-16-18-11;3-2(4,5)1(6)7/h2,4,8,12-13H,3,5-7H2,1H3,(H,16,18);(H,6,7). The van der Waals surface area contributed by atoms with Crippen molar-refractivity contribution in [2.45, 2.75) is 44.6 Å². The number of carbonyl (C=O) groups is 3. The summed E-state index contributed by atoms with van der Waals surface area (Å²) in [5.41, 5.74) is 1.41. The molecule has 2 unspecified atom stereocenters. The summed E-state index contributed by atoms with van der Waals surface area (Å²) in [6.07, 6.45) is -2.30. The van der Waals surface area contributed by atoms with Gasteiger partial charge in [0.2, 0.25) is 5.91 Å². The third-order valence-electron chi connectivity index (χ3n) is 4.85. The summed E-state index contributed by atoms with van der Waals surface area (Å²) in [5.74, 6) is -2.73. The number of aliphatic carboxylic acids is 1. The SMILES string of the molecule is Cc1nc(CN2C(=O)CC3C2CCN3C(=O)c2ccn[nH]2)cs1.O=C(O)C(F)(F)F. The van der Waals surface area contributed by atoms with Crippen LogP contribution in [0.15, 0.2) is 17.6 Å². The van der Waals surface area contributed by atoms with Crippen molar-refractivity contribution in [1.29, 1.82) is 0 Å². The van der Waals surface area contributed by atoms with E-state index in [-0.39, 0.29) is 23.9 Å². The summed E-state index contributed by atoms with van der Waals surface area (Å²) in [6, 6.07) is 1.72. The van der Waals surface area contributed by atoms with Gasteiger partial charge in [0, 0.05) is 24.5 Å². The number of nitrogens with zero attached hydrogens (tertiary/aromatic N) is 4. The number of rotatable bonds is 3. The Kier molecular flexibility index (Phi) is 6.10. The second-order valence-corrected chi connectivity index (χ2v) is 7.84. The van der Waals surface area contributed by atoms with Crippen LogP contribution in [0.2, 0.25) is 0 Å². The fourth-order valence-corrected chi connectivity index (χ4v) is 4.17. The molecule has 0 aromatic carbocycles. The summed E-state index contributed by atoms with van der Waals surface area (Å²) in [5, 5.41) is 16.7. The zero-order valence-electron chi connectivity index (χ0n) is 15.7. The lowest BCUT2D eigenvalue weighted by Gasteiger charge is -2.24. The number of halogens is 3. The third kappa shape index (κ3) is 4.61. The second-order valence-electron chi connectivity index (χ2n) is 6.78. The number of alkyl halides is 3. The molecule has 30 heavy (non-hydrogen) atoms. The van der Waals surface area contributed by atoms with Crippen molar-refractivity contribution in [3.05, 3.63) is 34.0 Å². The first-order valence-corrected chi connectivity index (χ1v) is 9.77. The van der Waals surface area contributed by atoms with Crippen LogP contribution in [0, 0.1) is 6.92 Å². The van der Waals surface area contributed by atoms with Crippen molar-refractivity contribution < 1.29 is 32.7 Å². The van der Waals surface area contributed by atoms with E-state index in [2.05, 4.69) is 15.2 Å². The molecule has 2 saturated heterocycles. The van der Waals surface area contributed by atoms with Gasteiger partial charge < -0.3 is 14.9 Å². The zero-order valence-corrected chi connectivity index (χ0v) is 16.5. The van der Waals surface area contributed by atoms with Gasteiger partial charge in [-0.15, -0.1) is 11.3 Å². The highest BCUT2D eigenvalue weighted by atomic mass is 32.1. The number of fused-ring (bicyclic) bond motifs is 1. The topological polar surface area (TPSA) is 119 Å². The van der Waals surface area contributed by atoms with Crippen molar-refractivity contribution in [3.63, 3.8) is 0 Å². The number of hydrogen-bond donors (Lipinski definition) is 2. The van der Waals surface area contributed by atoms with Crippen LogP contribution in [0.5, 0.6) is 0 Å². The minimum absolute atomic E-state index is 0.0435. The molecular formula is C17H18F3N5O4S. The van der Waals surface area contributed by atoms with Crippen LogP contribution >= 0.6 is 11.3 Å². The van der Waals surface area contributed by atoms with Crippen LogP contribution < -0.4 is 0 Å². The summed E-state index contributed by atoms with van der Waals surface area (Å²) >= 11 is 1.59. The molecule has 2 N–H and O–H groups in total. The number of aryl methyl sites for hydroxylation is 1. The first kappa shape index (κ1) is 21.7. The number of carboxylic acids is 1. The summed E-state index contributed by atoms with van der Waals surface area (Å²) in [7, 11) is 0. The van der Waals surface area contributed by atoms with E-state index < -0.39 is 12.1 Å². The molecule has 0 radical (unpaired) electrons. The van der Waals surface area contributed by atoms with Gasteiger partial charge in [0.15, 0.2) is 0 Å². The van der Waals surface area contributed by atoms with Crippen molar-refractivity contribution in [1.82, 2.24) is 25.0 Å². The highest BCUT2D eigenvalue weighted by molar-refractivity contribution is 7.09. The number of hydrogen-bond acceptors (Lipinski definition) is 6. The molecule has 0 aliphatic carbocycles. The van der Waals surface area contributed by atoms with E-state index in [9.17, 15) is 22.8 Å². The molecule has 2 aliphatic heterocycles. The van der Waals surface area contributed by atoms with Gasteiger partial charge in [0.05, 0.1) is 29.3 Å². The van der Waals surface area contributed by atoms with Gasteiger partial charge in [0.25, 0.3) is 5.91 Å². The zero-order chi connectivity index (χ0) is 22.1. The van der Waals surface area contributed by atoms with Gasteiger partial charge in [-0.1, -0.05) is 0 Å². The lowest BCUT2D eigenvalue weighted by atomic mass is 10.1. The summed E-state index contributed by atoms with van der Waals surface area (Å²) in [6.45, 7) is 3.17. The van der Waals surface area contributed by atoms with Crippen LogP contribution in [-0.2, 0) is 16.1 Å². The molecule has 2 amide bonds. The summed E-state index contributed by atoms with van der Waals surface area (Å²) in [4.78, 5) is 42.0. The number of likely N-dealkylation sites (tertiary alicyclic amines) is 2. The molecule has 2 aromatic heterocycles. The van der Waals surface area contributed by atoms with Gasteiger partial charge in [-0.3, -0.25) is 14.7 Å². The van der Waals surface area contributed by atoms with Crippen molar-refractivity contribution in [2.24, 2.45) is 0 Å². The maximum absolute atomic E-state index is 12.5. The Morgan fingerprint density at radius 3 is 2.60 bits per heavy atom. The van der Waals surface area contributed by atoms with Crippen LogP contribution in [0.3, 0.4) is 0 Å². The smallest absolute Gasteiger partial charge is 0.475 e. The van der Waals surface area contributed by atoms with Crippen molar-refractivity contribution in [2.75, 3.05) is 6.54 Å². The molecule has 0 bridgehead atoms. The average Bonchev–Trinajstić information content (AvgIpc) is 3.42. The monoisotopic (exact) mass is 445 g/mol. The van der Waals surface area contributed by atoms with Gasteiger partial charge in [-0.25, -0.2) is 9.78 Å². The number of amides is 2. The first-order valence-electron chi connectivity index (χ1n) is 8.89. The number of aromatic nitrogens is 3. The molecular weight excluding hydrogens is 427 g/mol. The lowest BCUT2D eigenvalue weighted by molar-refractivity contribution is -0.192. The van der Waals surface area contributed by atoms with E-state index in [4.69, 9.17) is 9.90 Å². The number of carbonyl (C=O) groups excluding carboxylic acids is 2. The molecule has 0 saturated carbocycles. The highest BCUT2D eigenvalue weighted by Gasteiger charge is 2.48. The van der Waals surface area contributed by atoms with E-state index in [0.29, 0.717) is 25.2 Å². The van der Waals surface area contributed by atoms with E-state index in [0.717, 1.165) is 17.1 Å². The Balaban J connectivity index is 0.000000318. The Bertz CT molecular complexity index is 930. The van der Waals surface area contributed by atoms with Crippen LogP contribution in [0.4, 0.5) is 13.2 Å². The molecule has 2 atom stereocenters. The second kappa shape index (κ2) is 8.42. The molecule has 4 heterocycles. The number of carboxylic acid groups (broad SMARTS) is 1. The molecule has 0 spiro atoms. The Labute approximate surface area is 172 Å². The molecule has 9 nitrogen and oxygen atoms in total. The van der Waals surface area contributed by atoms with Crippen LogP contribution in [0.25, 0.3) is 0 Å².